The molecule has 0 N–H and O–H groups in total. The van der Waals surface area contributed by atoms with Gasteiger partial charge in [0.25, 0.3) is 0 Å². The summed E-state index contributed by atoms with van der Waals surface area (Å²) in [7, 11) is 0. The second-order valence-electron chi connectivity index (χ2n) is 1.63. The van der Waals surface area contributed by atoms with Crippen LogP contribution in [0, 0.1) is 0 Å². The molecule has 0 heterocycles. The monoisotopic (exact) mass is 212 g/mol. The zero-order valence-electron chi connectivity index (χ0n) is 5.03. The van der Waals surface area contributed by atoms with Crippen LogP contribution >= 0.6 is 22.9 Å². The maximum absolute atomic E-state index is 2.29. The van der Waals surface area contributed by atoms with E-state index in [0.29, 0.717) is 0 Å². The number of halogens is 1. The molecule has 1 nitrogen and oxygen atoms in total. The molecule has 0 fully saturated rings. The van der Waals surface area contributed by atoms with Gasteiger partial charge in [-0.2, -0.15) is 2.79 Å². The van der Waals surface area contributed by atoms with Gasteiger partial charge in [0.15, 0.2) is 5.71 Å². The van der Waals surface area contributed by atoms with Crippen molar-refractivity contribution in [1.29, 1.82) is 0 Å². The van der Waals surface area contributed by atoms with E-state index in [1.165, 1.54) is 5.71 Å². The molecule has 0 aromatic rings. The predicted molar refractivity (Wildman–Crippen MR) is 41.2 cm³/mol. The summed E-state index contributed by atoms with van der Waals surface area (Å²) in [5, 5.41) is 0. The van der Waals surface area contributed by atoms with Gasteiger partial charge in [0, 0.05) is 13.8 Å². The third kappa shape index (κ3) is 3.02. The normalized spacial score (nSPS) is 8.57. The molecule has 0 amide bonds. The zero-order valence-corrected chi connectivity index (χ0v) is 7.19. The van der Waals surface area contributed by atoms with Crippen molar-refractivity contribution in [3.05, 3.63) is 0 Å². The summed E-state index contributed by atoms with van der Waals surface area (Å²) in [6.45, 7) is 7.45. The van der Waals surface area contributed by atoms with Gasteiger partial charge in [0.05, 0.1) is 0 Å². The molecule has 0 aromatic heterocycles. The quantitative estimate of drug-likeness (QED) is 0.354. The summed E-state index contributed by atoms with van der Waals surface area (Å²) in [4.78, 5) is 0. The van der Waals surface area contributed by atoms with Gasteiger partial charge in [0.2, 0.25) is 0 Å². The van der Waals surface area contributed by atoms with Gasteiger partial charge < -0.3 is 0 Å². The molecule has 0 bridgehead atoms. The topological polar surface area (TPSA) is 3.01 Å². The number of nitrogens with zero attached hydrogens (tertiary/aromatic N) is 1. The minimum absolute atomic E-state index is 1.10. The van der Waals surface area contributed by atoms with Crippen molar-refractivity contribution in [2.24, 2.45) is 0 Å². The minimum atomic E-state index is 1.10. The van der Waals surface area contributed by atoms with Crippen molar-refractivity contribution in [3.63, 3.8) is 0 Å². The summed E-state index contributed by atoms with van der Waals surface area (Å²) in [5.41, 5.74) is 1.36. The maximum atomic E-state index is 2.29. The predicted octanol–water partition coefficient (Wildman–Crippen LogP) is 1.85. The Morgan fingerprint density at radius 1 is 1.57 bits per heavy atom. The number of hydrogen-bond acceptors (Lipinski definition) is 0. The molecule has 0 aliphatic rings. The molecule has 0 rings (SSSR count). The maximum Gasteiger partial charge on any atom is 0.347 e. The smallest absolute Gasteiger partial charge is 0.177 e. The lowest BCUT2D eigenvalue weighted by molar-refractivity contribution is -0.290. The summed E-state index contributed by atoms with van der Waals surface area (Å²) < 4.78 is 2.18. The summed E-state index contributed by atoms with van der Waals surface area (Å²) in [5.74, 6) is 0. The highest BCUT2D eigenvalue weighted by Crippen LogP contribution is 1.87. The van der Waals surface area contributed by atoms with Crippen LogP contribution < -0.4 is 0 Å². The Kier molecular flexibility index (Phi) is 3.60. The van der Waals surface area contributed by atoms with E-state index in [-0.39, 0.29) is 0 Å². The van der Waals surface area contributed by atoms with E-state index in [2.05, 4.69) is 46.4 Å². The van der Waals surface area contributed by atoms with Gasteiger partial charge >= 0.3 is 22.9 Å². The van der Waals surface area contributed by atoms with E-state index in [9.17, 15) is 0 Å². The lowest BCUT2D eigenvalue weighted by Gasteiger charge is -1.85. The summed E-state index contributed by atoms with van der Waals surface area (Å²) in [6, 6.07) is 0. The van der Waals surface area contributed by atoms with Gasteiger partial charge in [-0.1, -0.05) is 0 Å². The van der Waals surface area contributed by atoms with Gasteiger partial charge in [-0.25, -0.2) is 0 Å². The molecule has 0 unspecified atom stereocenters. The molecule has 0 atom stereocenters. The summed E-state index contributed by atoms with van der Waals surface area (Å²) in [6.07, 6.45) is 0. The van der Waals surface area contributed by atoms with Crippen LogP contribution in [0.5, 0.6) is 0 Å². The van der Waals surface area contributed by atoms with Crippen LogP contribution in [0.2, 0.25) is 0 Å². The molecule has 0 radical (unpaired) electrons. The molecule has 0 saturated carbocycles. The van der Waals surface area contributed by atoms with Crippen molar-refractivity contribution in [2.75, 3.05) is 6.54 Å². The van der Waals surface area contributed by atoms with E-state index in [1.54, 1.807) is 0 Å². The van der Waals surface area contributed by atoms with Gasteiger partial charge in [0.1, 0.15) is 6.54 Å². The Balaban J connectivity index is 3.72. The zero-order chi connectivity index (χ0) is 5.86. The van der Waals surface area contributed by atoms with Crippen molar-refractivity contribution in [1.82, 2.24) is 0 Å². The fourth-order valence-electron chi connectivity index (χ4n) is 0.316. The fourth-order valence-corrected chi connectivity index (χ4v) is 0.316. The van der Waals surface area contributed by atoms with Crippen molar-refractivity contribution in [3.8, 4) is 0 Å². The van der Waals surface area contributed by atoms with Crippen LogP contribution in [-0.2, 0) is 0 Å². The Bertz CT molecular complexity index is 82.1. The first kappa shape index (κ1) is 7.40. The lowest BCUT2D eigenvalue weighted by Crippen LogP contribution is -2.02. The molecule has 0 aromatic carbocycles. The second kappa shape index (κ2) is 3.41. The largest absolute Gasteiger partial charge is 0.347 e. The van der Waals surface area contributed by atoms with Crippen LogP contribution in [-0.4, -0.2) is 15.0 Å². The number of hydrogen-bond donors (Lipinski definition) is 0. The molecule has 0 spiro atoms. The molecule has 0 aliphatic carbocycles. The molecular weight excluding hydrogens is 201 g/mol. The average molecular weight is 212 g/mol. The SMILES string of the molecule is CC[N+](I)=C(C)C. The Morgan fingerprint density at radius 2 is 2.00 bits per heavy atom. The highest BCUT2D eigenvalue weighted by Gasteiger charge is 1.93. The number of rotatable bonds is 1. The first-order chi connectivity index (χ1) is 3.18. The van der Waals surface area contributed by atoms with Crippen molar-refractivity contribution < 1.29 is 2.79 Å². The Hall–Kier alpha value is 0.400. The third-order valence-corrected chi connectivity index (χ3v) is 2.41. The standard InChI is InChI=1S/C5H11IN/c1-4-7(6)5(2)3/h4H2,1-3H3/q+1. The second-order valence-corrected chi connectivity index (χ2v) is 2.79. The summed E-state index contributed by atoms with van der Waals surface area (Å²) >= 11 is 2.29. The molecule has 0 saturated heterocycles. The average Bonchev–Trinajstić information content (AvgIpc) is 1.65. The van der Waals surface area contributed by atoms with Crippen LogP contribution in [0.25, 0.3) is 0 Å². The molecule has 2 heteroatoms. The molecule has 7 heavy (non-hydrogen) atoms. The van der Waals surface area contributed by atoms with E-state index >= 15 is 0 Å². The first-order valence-corrected chi connectivity index (χ1v) is 3.38. The minimum Gasteiger partial charge on any atom is -0.177 e. The van der Waals surface area contributed by atoms with Gasteiger partial charge in [-0.15, -0.1) is 0 Å². The Labute approximate surface area is 58.9 Å². The molecule has 0 aliphatic heterocycles. The van der Waals surface area contributed by atoms with Crippen LogP contribution in [0.4, 0.5) is 0 Å². The first-order valence-electron chi connectivity index (χ1n) is 2.42. The van der Waals surface area contributed by atoms with E-state index in [4.69, 9.17) is 0 Å². The lowest BCUT2D eigenvalue weighted by atomic mass is 10.5. The Morgan fingerprint density at radius 3 is 2.00 bits per heavy atom. The van der Waals surface area contributed by atoms with E-state index in [0.717, 1.165) is 6.54 Å². The van der Waals surface area contributed by atoms with Crippen LogP contribution in [0.3, 0.4) is 0 Å². The van der Waals surface area contributed by atoms with E-state index in [1.807, 2.05) is 0 Å². The van der Waals surface area contributed by atoms with Gasteiger partial charge in [-0.3, -0.25) is 0 Å². The highest BCUT2D eigenvalue weighted by atomic mass is 127. The van der Waals surface area contributed by atoms with E-state index < -0.39 is 0 Å². The fraction of sp³-hybridized carbons (Fsp3) is 0.800. The van der Waals surface area contributed by atoms with Crippen LogP contribution in [0.1, 0.15) is 20.8 Å². The molecular formula is C5H11IN+. The molecule has 42 valence electrons. The van der Waals surface area contributed by atoms with Crippen molar-refractivity contribution >= 4 is 28.6 Å². The highest BCUT2D eigenvalue weighted by molar-refractivity contribution is 14.1. The van der Waals surface area contributed by atoms with Crippen molar-refractivity contribution in [2.45, 2.75) is 20.8 Å². The third-order valence-electron chi connectivity index (χ3n) is 0.763. The van der Waals surface area contributed by atoms with Gasteiger partial charge in [-0.05, 0) is 6.92 Å². The van der Waals surface area contributed by atoms with Crippen LogP contribution in [0.15, 0.2) is 0 Å².